The number of nitrogens with one attached hydrogen (secondary N) is 1. The summed E-state index contributed by atoms with van der Waals surface area (Å²) in [5, 5.41) is 12.0. The average molecular weight is 423 g/mol. The number of urea groups is 1. The van der Waals surface area contributed by atoms with E-state index in [2.05, 4.69) is 17.2 Å². The number of primary amides is 1. The van der Waals surface area contributed by atoms with Crippen molar-refractivity contribution in [1.82, 2.24) is 10.4 Å². The molecule has 0 saturated heterocycles. The molecule has 0 fully saturated rings. The van der Waals surface area contributed by atoms with Crippen molar-refractivity contribution in [3.63, 3.8) is 0 Å². The third kappa shape index (κ3) is 5.96. The van der Waals surface area contributed by atoms with Crippen LogP contribution in [-0.4, -0.2) is 28.3 Å². The van der Waals surface area contributed by atoms with Crippen LogP contribution in [0.1, 0.15) is 34.0 Å². The van der Waals surface area contributed by atoms with Gasteiger partial charge in [0.05, 0.1) is 5.56 Å². The molecule has 1 atom stereocenters. The van der Waals surface area contributed by atoms with Gasteiger partial charge in [-0.2, -0.15) is 18.2 Å². The van der Waals surface area contributed by atoms with E-state index in [1.54, 1.807) is 6.07 Å². The Morgan fingerprint density at radius 1 is 1.23 bits per heavy atom. The molecule has 2 rings (SSSR count). The zero-order chi connectivity index (χ0) is 22.5. The first-order valence-electron chi connectivity index (χ1n) is 8.52. The monoisotopic (exact) mass is 423 g/mol. The quantitative estimate of drug-likeness (QED) is 0.305. The summed E-state index contributed by atoms with van der Waals surface area (Å²) in [6.07, 6.45) is -4.76. The minimum absolute atomic E-state index is 0.126. The van der Waals surface area contributed by atoms with Crippen molar-refractivity contribution in [2.75, 3.05) is 0 Å². The fourth-order valence-electron chi connectivity index (χ4n) is 2.42. The molecule has 0 radical (unpaired) electrons. The Balaban J connectivity index is 2.13. The summed E-state index contributed by atoms with van der Waals surface area (Å²) in [4.78, 5) is 23.2. The maximum atomic E-state index is 13.2. The number of carbonyl (C=O) groups excluding carboxylic acids is 2. The van der Waals surface area contributed by atoms with Crippen LogP contribution >= 0.6 is 0 Å². The van der Waals surface area contributed by atoms with Gasteiger partial charge in [-0.1, -0.05) is 24.0 Å². The predicted molar refractivity (Wildman–Crippen MR) is 98.6 cm³/mol. The SMILES string of the molecule is CC(C#Cc1cccc(C(=O)NCc2ccc(F)cc2C(F)(F)F)c1)N(O)C(N)=O. The van der Waals surface area contributed by atoms with E-state index in [0.29, 0.717) is 11.6 Å². The second kappa shape index (κ2) is 9.28. The van der Waals surface area contributed by atoms with Gasteiger partial charge < -0.3 is 11.1 Å². The molecule has 3 amide bonds. The van der Waals surface area contributed by atoms with Crippen LogP contribution < -0.4 is 11.1 Å². The van der Waals surface area contributed by atoms with Crippen molar-refractivity contribution in [3.8, 4) is 11.8 Å². The molecule has 2 aromatic rings. The Labute approximate surface area is 169 Å². The average Bonchev–Trinajstić information content (AvgIpc) is 2.69. The summed E-state index contributed by atoms with van der Waals surface area (Å²) in [5.74, 6) is 3.53. The molecule has 1 unspecified atom stereocenters. The van der Waals surface area contributed by atoms with Crippen LogP contribution in [0.3, 0.4) is 0 Å². The third-order valence-corrected chi connectivity index (χ3v) is 3.96. The lowest BCUT2D eigenvalue weighted by atomic mass is 10.1. The van der Waals surface area contributed by atoms with Gasteiger partial charge in [0.15, 0.2) is 0 Å². The number of hydrogen-bond acceptors (Lipinski definition) is 3. The van der Waals surface area contributed by atoms with Crippen LogP contribution in [0.5, 0.6) is 0 Å². The van der Waals surface area contributed by atoms with Gasteiger partial charge >= 0.3 is 12.2 Å². The first-order valence-corrected chi connectivity index (χ1v) is 8.52. The standard InChI is InChI=1S/C20H17F4N3O3/c1-12(27(30)19(25)29)5-6-13-3-2-4-14(9-13)18(28)26-11-15-7-8-16(21)10-17(15)20(22,23)24/h2-4,7-10,12,30H,11H2,1H3,(H2,25,29)(H,26,28). The highest BCUT2D eigenvalue weighted by atomic mass is 19.4. The van der Waals surface area contributed by atoms with Crippen LogP contribution in [-0.2, 0) is 12.7 Å². The van der Waals surface area contributed by atoms with Gasteiger partial charge in [-0.15, -0.1) is 0 Å². The molecule has 0 aromatic heterocycles. The number of amides is 3. The molecule has 10 heteroatoms. The highest BCUT2D eigenvalue weighted by Crippen LogP contribution is 2.32. The van der Waals surface area contributed by atoms with Crippen LogP contribution in [0.15, 0.2) is 42.5 Å². The molecule has 0 bridgehead atoms. The Hall–Kier alpha value is -3.58. The summed E-state index contributed by atoms with van der Waals surface area (Å²) in [6, 6.07) is 6.11. The number of hydroxylamine groups is 2. The fourth-order valence-corrected chi connectivity index (χ4v) is 2.42. The Morgan fingerprint density at radius 3 is 2.57 bits per heavy atom. The van der Waals surface area contributed by atoms with Gasteiger partial charge in [0.2, 0.25) is 0 Å². The zero-order valence-electron chi connectivity index (χ0n) is 15.6. The second-order valence-corrected chi connectivity index (χ2v) is 6.19. The summed E-state index contributed by atoms with van der Waals surface area (Å²) in [6.45, 7) is 0.966. The predicted octanol–water partition coefficient (Wildman–Crippen LogP) is 3.28. The number of halogens is 4. The van der Waals surface area contributed by atoms with E-state index in [1.165, 1.54) is 25.1 Å². The minimum atomic E-state index is -4.76. The molecule has 158 valence electrons. The first-order chi connectivity index (χ1) is 14.0. The lowest BCUT2D eigenvalue weighted by molar-refractivity contribution is -0.138. The smallest absolute Gasteiger partial charge is 0.350 e. The molecule has 0 aliphatic carbocycles. The maximum absolute atomic E-state index is 13.2. The fraction of sp³-hybridized carbons (Fsp3) is 0.200. The Morgan fingerprint density at radius 2 is 1.93 bits per heavy atom. The largest absolute Gasteiger partial charge is 0.416 e. The summed E-state index contributed by atoms with van der Waals surface area (Å²) >= 11 is 0. The number of rotatable bonds is 4. The molecule has 6 nitrogen and oxygen atoms in total. The highest BCUT2D eigenvalue weighted by Gasteiger charge is 2.33. The molecular weight excluding hydrogens is 406 g/mol. The molecule has 4 N–H and O–H groups in total. The van der Waals surface area contributed by atoms with Crippen LogP contribution in [0.2, 0.25) is 0 Å². The Kier molecular flexibility index (Phi) is 7.02. The lowest BCUT2D eigenvalue weighted by Crippen LogP contribution is -2.38. The van der Waals surface area contributed by atoms with E-state index < -0.39 is 42.1 Å². The molecule has 0 aliphatic heterocycles. The molecule has 30 heavy (non-hydrogen) atoms. The van der Waals surface area contributed by atoms with Crippen molar-refractivity contribution in [1.29, 1.82) is 0 Å². The van der Waals surface area contributed by atoms with Crippen molar-refractivity contribution < 1.29 is 32.4 Å². The van der Waals surface area contributed by atoms with Gasteiger partial charge in [-0.25, -0.2) is 9.18 Å². The van der Waals surface area contributed by atoms with Crippen molar-refractivity contribution in [2.45, 2.75) is 25.7 Å². The maximum Gasteiger partial charge on any atom is 0.416 e. The van der Waals surface area contributed by atoms with Crippen LogP contribution in [0.4, 0.5) is 22.4 Å². The topological polar surface area (TPSA) is 95.7 Å². The molecule has 0 heterocycles. The van der Waals surface area contributed by atoms with Gasteiger partial charge in [0.25, 0.3) is 5.91 Å². The van der Waals surface area contributed by atoms with E-state index in [0.717, 1.165) is 12.1 Å². The zero-order valence-corrected chi connectivity index (χ0v) is 15.6. The van der Waals surface area contributed by atoms with Crippen molar-refractivity contribution in [3.05, 3.63) is 70.5 Å². The lowest BCUT2D eigenvalue weighted by Gasteiger charge is -2.14. The van der Waals surface area contributed by atoms with E-state index >= 15 is 0 Å². The number of benzene rings is 2. The van der Waals surface area contributed by atoms with Gasteiger partial charge in [0, 0.05) is 17.7 Å². The van der Waals surface area contributed by atoms with E-state index in [1.807, 2.05) is 0 Å². The number of alkyl halides is 3. The highest BCUT2D eigenvalue weighted by molar-refractivity contribution is 5.94. The summed E-state index contributed by atoms with van der Waals surface area (Å²) in [7, 11) is 0. The van der Waals surface area contributed by atoms with Crippen molar-refractivity contribution in [2.24, 2.45) is 5.73 Å². The normalized spacial score (nSPS) is 11.8. The second-order valence-electron chi connectivity index (χ2n) is 6.19. The molecular formula is C20H17F4N3O3. The number of nitrogens with two attached hydrogens (primary N) is 1. The first kappa shape index (κ1) is 22.7. The third-order valence-electron chi connectivity index (χ3n) is 3.96. The van der Waals surface area contributed by atoms with Gasteiger partial charge in [-0.3, -0.25) is 10.0 Å². The number of hydrogen-bond donors (Lipinski definition) is 3. The van der Waals surface area contributed by atoms with Crippen LogP contribution in [0, 0.1) is 17.7 Å². The van der Waals surface area contributed by atoms with Crippen LogP contribution in [0.25, 0.3) is 0 Å². The number of nitrogens with zero attached hydrogens (tertiary/aromatic N) is 1. The van der Waals surface area contributed by atoms with E-state index in [-0.39, 0.29) is 16.2 Å². The number of carbonyl (C=O) groups is 2. The van der Waals surface area contributed by atoms with Gasteiger partial charge in [0.1, 0.15) is 11.9 Å². The molecule has 0 aliphatic rings. The van der Waals surface area contributed by atoms with E-state index in [9.17, 15) is 32.4 Å². The van der Waals surface area contributed by atoms with Crippen molar-refractivity contribution >= 4 is 11.9 Å². The molecule has 0 saturated carbocycles. The van der Waals surface area contributed by atoms with Gasteiger partial charge in [-0.05, 0) is 42.8 Å². The summed E-state index contributed by atoms with van der Waals surface area (Å²) < 4.78 is 52.3. The Bertz CT molecular complexity index is 1010. The summed E-state index contributed by atoms with van der Waals surface area (Å²) in [5.41, 5.74) is 3.97. The molecule has 0 spiro atoms. The molecule has 2 aromatic carbocycles. The minimum Gasteiger partial charge on any atom is -0.350 e. The van der Waals surface area contributed by atoms with E-state index in [4.69, 9.17) is 5.73 Å².